The molecule has 0 radical (unpaired) electrons. The number of hydrogen-bond donors (Lipinski definition) is 2. The molecule has 4 rings (SSSR count). The number of nitrogens with zero attached hydrogens (tertiary/aromatic N) is 2. The summed E-state index contributed by atoms with van der Waals surface area (Å²) in [7, 11) is -4.04. The predicted octanol–water partition coefficient (Wildman–Crippen LogP) is 3.16. The van der Waals surface area contributed by atoms with E-state index in [-0.39, 0.29) is 28.5 Å². The molecule has 0 atom stereocenters. The van der Waals surface area contributed by atoms with E-state index in [1.807, 2.05) is 6.07 Å². The molecule has 1 amide bonds. The van der Waals surface area contributed by atoms with Gasteiger partial charge < -0.3 is 5.11 Å². The van der Waals surface area contributed by atoms with Crippen molar-refractivity contribution in [2.45, 2.75) is 37.1 Å². The molecule has 2 aromatic carbocycles. The van der Waals surface area contributed by atoms with Gasteiger partial charge in [-0.2, -0.15) is 5.10 Å². The lowest BCUT2D eigenvalue weighted by atomic mass is 10.1. The summed E-state index contributed by atoms with van der Waals surface area (Å²) >= 11 is 0. The normalized spacial score (nSPS) is 17.8. The van der Waals surface area contributed by atoms with Crippen LogP contribution in [0.15, 0.2) is 70.3 Å². The summed E-state index contributed by atoms with van der Waals surface area (Å²) in [5.41, 5.74) is 3.78. The molecule has 150 valence electrons. The Balaban J connectivity index is 1.78. The zero-order chi connectivity index (χ0) is 20.4. The van der Waals surface area contributed by atoms with Crippen molar-refractivity contribution >= 4 is 27.4 Å². The van der Waals surface area contributed by atoms with E-state index < -0.39 is 15.9 Å². The number of carbonyl (C=O) groups is 1. The van der Waals surface area contributed by atoms with Crippen molar-refractivity contribution in [2.24, 2.45) is 5.10 Å². The van der Waals surface area contributed by atoms with E-state index in [9.17, 15) is 18.3 Å². The molecule has 0 spiro atoms. The third kappa shape index (κ3) is 3.63. The Labute approximate surface area is 169 Å². The van der Waals surface area contributed by atoms with Gasteiger partial charge in [0.25, 0.3) is 15.9 Å². The Morgan fingerprint density at radius 1 is 1.03 bits per heavy atom. The minimum Gasteiger partial charge on any atom is -0.505 e. The molecule has 0 aromatic heterocycles. The van der Waals surface area contributed by atoms with Gasteiger partial charge in [0.15, 0.2) is 11.5 Å². The molecule has 0 saturated heterocycles. The molecule has 0 bridgehead atoms. The van der Waals surface area contributed by atoms with Crippen LogP contribution in [0.2, 0.25) is 0 Å². The number of amides is 1. The number of nitrogens with one attached hydrogen (secondary N) is 1. The van der Waals surface area contributed by atoms with Crippen LogP contribution in [-0.4, -0.2) is 29.4 Å². The number of carbonyl (C=O) groups excluding carboxylic acids is 1. The highest BCUT2D eigenvalue weighted by molar-refractivity contribution is 7.89. The first-order valence-electron chi connectivity index (χ1n) is 9.43. The molecule has 29 heavy (non-hydrogen) atoms. The Morgan fingerprint density at radius 2 is 1.69 bits per heavy atom. The molecular formula is C21H21N3O4S. The maximum atomic E-state index is 13.3. The molecule has 0 unspecified atom stereocenters. The summed E-state index contributed by atoms with van der Waals surface area (Å²) in [6, 6.07) is 15.0. The fourth-order valence-corrected chi connectivity index (χ4v) is 5.24. The van der Waals surface area contributed by atoms with Crippen LogP contribution in [-0.2, 0) is 21.4 Å². The van der Waals surface area contributed by atoms with Crippen LogP contribution in [0.5, 0.6) is 0 Å². The van der Waals surface area contributed by atoms with Crippen molar-refractivity contribution in [3.05, 3.63) is 71.4 Å². The average Bonchev–Trinajstić information content (AvgIpc) is 3.25. The van der Waals surface area contributed by atoms with Gasteiger partial charge >= 0.3 is 0 Å². The molecule has 8 heteroatoms. The minimum atomic E-state index is -4.04. The smallest absolute Gasteiger partial charge is 0.292 e. The zero-order valence-corrected chi connectivity index (χ0v) is 16.5. The fourth-order valence-electron chi connectivity index (χ4n) is 3.58. The Bertz CT molecular complexity index is 1100. The summed E-state index contributed by atoms with van der Waals surface area (Å²) in [6.07, 6.45) is 3.65. The molecule has 1 fully saturated rings. The number of aliphatic hydroxyl groups is 1. The number of hydrogen-bond acceptors (Lipinski definition) is 5. The maximum absolute atomic E-state index is 13.3. The van der Waals surface area contributed by atoms with Crippen LogP contribution in [0, 0.1) is 0 Å². The van der Waals surface area contributed by atoms with Crippen LogP contribution >= 0.6 is 0 Å². The van der Waals surface area contributed by atoms with Crippen molar-refractivity contribution < 1.29 is 18.3 Å². The number of aliphatic hydroxyl groups excluding tert-OH is 1. The average molecular weight is 411 g/mol. The van der Waals surface area contributed by atoms with Gasteiger partial charge in [-0.25, -0.2) is 13.8 Å². The Hall–Kier alpha value is -3.13. The summed E-state index contributed by atoms with van der Waals surface area (Å²) in [4.78, 5) is 12.9. The fraction of sp³-hybridized carbons (Fsp3) is 0.238. The number of rotatable bonds is 4. The largest absolute Gasteiger partial charge is 0.505 e. The van der Waals surface area contributed by atoms with E-state index in [0.717, 1.165) is 35.7 Å². The van der Waals surface area contributed by atoms with Gasteiger partial charge in [-0.1, -0.05) is 42.5 Å². The van der Waals surface area contributed by atoms with Gasteiger partial charge in [0, 0.05) is 11.3 Å². The monoisotopic (exact) mass is 411 g/mol. The van der Waals surface area contributed by atoms with Crippen LogP contribution in [0.25, 0.3) is 5.76 Å². The topological polar surface area (TPSA) is 99.1 Å². The second-order valence-electron chi connectivity index (χ2n) is 7.02. The van der Waals surface area contributed by atoms with E-state index in [4.69, 9.17) is 0 Å². The third-order valence-corrected chi connectivity index (χ3v) is 6.87. The number of benzene rings is 2. The van der Waals surface area contributed by atoms with Gasteiger partial charge in [0.05, 0.1) is 11.4 Å². The van der Waals surface area contributed by atoms with Crippen molar-refractivity contribution in [3.63, 3.8) is 0 Å². The van der Waals surface area contributed by atoms with E-state index in [1.165, 1.54) is 12.1 Å². The van der Waals surface area contributed by atoms with Gasteiger partial charge in [0.2, 0.25) is 0 Å². The maximum Gasteiger partial charge on any atom is 0.292 e. The van der Waals surface area contributed by atoms with Crippen molar-refractivity contribution in [1.82, 2.24) is 9.73 Å². The van der Waals surface area contributed by atoms with E-state index in [2.05, 4.69) is 10.5 Å². The quantitative estimate of drug-likeness (QED) is 0.755. The molecule has 1 heterocycles. The SMILES string of the molecule is O=C(NN=C1CCCC1)C1=C(O)c2ccccc2S(=O)(=O)N1Cc1ccccc1. The highest BCUT2D eigenvalue weighted by Gasteiger charge is 2.40. The lowest BCUT2D eigenvalue weighted by Crippen LogP contribution is -2.40. The van der Waals surface area contributed by atoms with Gasteiger partial charge in [0.1, 0.15) is 0 Å². The predicted molar refractivity (Wildman–Crippen MR) is 109 cm³/mol. The molecule has 1 saturated carbocycles. The lowest BCUT2D eigenvalue weighted by molar-refractivity contribution is -0.118. The second kappa shape index (κ2) is 7.71. The van der Waals surface area contributed by atoms with Crippen molar-refractivity contribution in [3.8, 4) is 0 Å². The van der Waals surface area contributed by atoms with Crippen LogP contribution in [0.4, 0.5) is 0 Å². The molecule has 2 N–H and O–H groups in total. The van der Waals surface area contributed by atoms with Crippen molar-refractivity contribution in [2.75, 3.05) is 0 Å². The molecular weight excluding hydrogens is 390 g/mol. The number of hydrazone groups is 1. The zero-order valence-electron chi connectivity index (χ0n) is 15.7. The molecule has 1 aliphatic heterocycles. The first-order valence-corrected chi connectivity index (χ1v) is 10.9. The standard InChI is InChI=1S/C21H21N3O4S/c25-20-17-12-6-7-13-18(17)29(27,28)24(14-15-8-2-1-3-9-15)19(20)21(26)23-22-16-10-4-5-11-16/h1-3,6-9,12-13,25H,4-5,10-11,14H2,(H,23,26). The lowest BCUT2D eigenvalue weighted by Gasteiger charge is -2.31. The summed E-state index contributed by atoms with van der Waals surface area (Å²) in [5.74, 6) is -1.13. The van der Waals surface area contributed by atoms with Crippen LogP contribution in [0.1, 0.15) is 36.8 Å². The first kappa shape index (κ1) is 19.2. The Morgan fingerprint density at radius 3 is 2.41 bits per heavy atom. The summed E-state index contributed by atoms with van der Waals surface area (Å²) in [5, 5.41) is 15.0. The highest BCUT2D eigenvalue weighted by atomic mass is 32.2. The molecule has 7 nitrogen and oxygen atoms in total. The van der Waals surface area contributed by atoms with Crippen LogP contribution < -0.4 is 5.43 Å². The highest BCUT2D eigenvalue weighted by Crippen LogP contribution is 2.36. The Kier molecular flexibility index (Phi) is 5.10. The third-order valence-electron chi connectivity index (χ3n) is 5.06. The van der Waals surface area contributed by atoms with Gasteiger partial charge in [-0.15, -0.1) is 0 Å². The van der Waals surface area contributed by atoms with Crippen LogP contribution in [0.3, 0.4) is 0 Å². The first-order chi connectivity index (χ1) is 14.0. The number of fused-ring (bicyclic) bond motifs is 1. The second-order valence-corrected chi connectivity index (χ2v) is 8.85. The van der Waals surface area contributed by atoms with E-state index >= 15 is 0 Å². The minimum absolute atomic E-state index is 0.0351. The van der Waals surface area contributed by atoms with Gasteiger partial charge in [-0.3, -0.25) is 9.10 Å². The van der Waals surface area contributed by atoms with Crippen molar-refractivity contribution in [1.29, 1.82) is 0 Å². The van der Waals surface area contributed by atoms with E-state index in [1.54, 1.807) is 36.4 Å². The molecule has 2 aromatic rings. The number of sulfonamides is 1. The summed E-state index contributed by atoms with van der Waals surface area (Å²) in [6.45, 7) is -0.0824. The van der Waals surface area contributed by atoms with E-state index in [0.29, 0.717) is 5.56 Å². The molecule has 1 aliphatic carbocycles. The molecule has 2 aliphatic rings. The summed E-state index contributed by atoms with van der Waals surface area (Å²) < 4.78 is 27.5. The van der Waals surface area contributed by atoms with Gasteiger partial charge in [-0.05, 0) is 43.4 Å².